The van der Waals surface area contributed by atoms with Gasteiger partial charge in [0.1, 0.15) is 11.6 Å². The molecule has 2 aromatic heterocycles. The first-order valence-corrected chi connectivity index (χ1v) is 4.49. The van der Waals surface area contributed by atoms with Crippen LogP contribution in [0.2, 0.25) is 0 Å². The highest BCUT2D eigenvalue weighted by Gasteiger charge is 2.10. The Hall–Kier alpha value is -2.44. The van der Waals surface area contributed by atoms with Crippen LogP contribution in [0, 0.1) is 6.92 Å². The normalized spacial score (nSPS) is 10.1. The molecule has 82 valence electrons. The van der Waals surface area contributed by atoms with Gasteiger partial charge in [0, 0.05) is 6.07 Å². The fraction of sp³-hybridized carbons (Fsp3) is 0.111. The zero-order valence-corrected chi connectivity index (χ0v) is 8.47. The van der Waals surface area contributed by atoms with Gasteiger partial charge in [0.25, 0.3) is 5.91 Å². The summed E-state index contributed by atoms with van der Waals surface area (Å²) in [4.78, 5) is 11.6. The van der Waals surface area contributed by atoms with Gasteiger partial charge >= 0.3 is 0 Å². The van der Waals surface area contributed by atoms with Gasteiger partial charge < -0.3 is 15.6 Å². The number of hydrogen-bond donors (Lipinski definition) is 2. The van der Waals surface area contributed by atoms with E-state index in [-0.39, 0.29) is 11.5 Å². The number of rotatable bonds is 2. The van der Waals surface area contributed by atoms with Crippen molar-refractivity contribution in [3.05, 3.63) is 29.7 Å². The smallest absolute Gasteiger partial charge is 0.277 e. The summed E-state index contributed by atoms with van der Waals surface area (Å²) in [6.45, 7) is 1.73. The summed E-state index contributed by atoms with van der Waals surface area (Å²) in [6.07, 6.45) is 0. The first kappa shape index (κ1) is 10.1. The monoisotopic (exact) mass is 219 g/mol. The number of nitrogens with one attached hydrogen (secondary N) is 1. The first-order valence-electron chi connectivity index (χ1n) is 4.49. The van der Waals surface area contributed by atoms with Crippen molar-refractivity contribution in [2.75, 3.05) is 11.1 Å². The number of carbonyl (C=O) groups is 1. The Morgan fingerprint density at radius 3 is 2.81 bits per heavy atom. The highest BCUT2D eigenvalue weighted by molar-refractivity contribution is 6.02. The summed E-state index contributed by atoms with van der Waals surface area (Å²) in [5.41, 5.74) is 5.51. The van der Waals surface area contributed by atoms with Crippen molar-refractivity contribution in [2.24, 2.45) is 0 Å². The molecule has 16 heavy (non-hydrogen) atoms. The average Bonchev–Trinajstić information content (AvgIpc) is 2.65. The van der Waals surface area contributed by atoms with Crippen LogP contribution in [-0.2, 0) is 0 Å². The SMILES string of the molecule is Cc1cc(NC(=O)c2ccc(N)nn2)no1. The van der Waals surface area contributed by atoms with E-state index in [4.69, 9.17) is 10.3 Å². The van der Waals surface area contributed by atoms with Gasteiger partial charge in [-0.2, -0.15) is 0 Å². The molecule has 7 nitrogen and oxygen atoms in total. The second kappa shape index (κ2) is 3.97. The predicted molar refractivity (Wildman–Crippen MR) is 55.6 cm³/mol. The van der Waals surface area contributed by atoms with Crippen LogP contribution in [-0.4, -0.2) is 21.3 Å². The third kappa shape index (κ3) is 2.14. The van der Waals surface area contributed by atoms with E-state index in [0.717, 1.165) is 0 Å². The van der Waals surface area contributed by atoms with E-state index in [1.54, 1.807) is 13.0 Å². The number of hydrogen-bond acceptors (Lipinski definition) is 6. The topological polar surface area (TPSA) is 107 Å². The van der Waals surface area contributed by atoms with Crippen LogP contribution in [0.25, 0.3) is 0 Å². The molecule has 0 saturated carbocycles. The van der Waals surface area contributed by atoms with Crippen molar-refractivity contribution < 1.29 is 9.32 Å². The molecule has 0 aromatic carbocycles. The minimum Gasteiger partial charge on any atom is -0.382 e. The molecule has 7 heteroatoms. The quantitative estimate of drug-likeness (QED) is 0.766. The number of nitrogen functional groups attached to an aromatic ring is 1. The van der Waals surface area contributed by atoms with Crippen molar-refractivity contribution in [2.45, 2.75) is 6.92 Å². The minimum atomic E-state index is -0.416. The highest BCUT2D eigenvalue weighted by Crippen LogP contribution is 2.08. The lowest BCUT2D eigenvalue weighted by atomic mass is 10.3. The number of aryl methyl sites for hydroxylation is 1. The number of anilines is 2. The van der Waals surface area contributed by atoms with E-state index in [2.05, 4.69) is 20.7 Å². The fourth-order valence-corrected chi connectivity index (χ4v) is 1.07. The molecule has 3 N–H and O–H groups in total. The molecule has 1 amide bonds. The molecule has 0 aliphatic heterocycles. The number of nitrogens with zero attached hydrogens (tertiary/aromatic N) is 3. The standard InChI is InChI=1S/C9H9N5O2/c1-5-4-8(14-16-5)11-9(15)6-2-3-7(10)13-12-6/h2-4H,1H3,(H2,10,13)(H,11,14,15). The van der Waals surface area contributed by atoms with E-state index in [1.807, 2.05) is 0 Å². The Kier molecular flexibility index (Phi) is 2.50. The van der Waals surface area contributed by atoms with Gasteiger partial charge in [0.2, 0.25) is 0 Å². The highest BCUT2D eigenvalue weighted by atomic mass is 16.5. The summed E-state index contributed by atoms with van der Waals surface area (Å²) in [7, 11) is 0. The molecule has 0 atom stereocenters. The van der Waals surface area contributed by atoms with Gasteiger partial charge in [-0.1, -0.05) is 5.16 Å². The first-order chi connectivity index (χ1) is 7.65. The minimum absolute atomic E-state index is 0.162. The van der Waals surface area contributed by atoms with Crippen molar-refractivity contribution in [3.8, 4) is 0 Å². The van der Waals surface area contributed by atoms with Crippen LogP contribution in [0.1, 0.15) is 16.2 Å². The van der Waals surface area contributed by atoms with Crippen LogP contribution in [0.15, 0.2) is 22.7 Å². The Morgan fingerprint density at radius 1 is 1.44 bits per heavy atom. The van der Waals surface area contributed by atoms with Crippen molar-refractivity contribution >= 4 is 17.5 Å². The summed E-state index contributed by atoms with van der Waals surface area (Å²) in [5, 5.41) is 13.3. The largest absolute Gasteiger partial charge is 0.382 e. The maximum absolute atomic E-state index is 11.6. The summed E-state index contributed by atoms with van der Waals surface area (Å²) >= 11 is 0. The average molecular weight is 219 g/mol. The van der Waals surface area contributed by atoms with Crippen LogP contribution in [0.4, 0.5) is 11.6 Å². The lowest BCUT2D eigenvalue weighted by molar-refractivity contribution is 0.102. The molecule has 0 aliphatic carbocycles. The van der Waals surface area contributed by atoms with E-state index < -0.39 is 5.91 Å². The molecule has 0 unspecified atom stereocenters. The second-order valence-corrected chi connectivity index (χ2v) is 3.12. The second-order valence-electron chi connectivity index (χ2n) is 3.12. The molecule has 0 saturated heterocycles. The number of amides is 1. The van der Waals surface area contributed by atoms with Gasteiger partial charge in [-0.25, -0.2) is 0 Å². The Labute approximate surface area is 90.6 Å². The molecule has 0 radical (unpaired) electrons. The molecular formula is C9H9N5O2. The number of nitrogens with two attached hydrogens (primary N) is 1. The third-order valence-electron chi connectivity index (χ3n) is 1.79. The van der Waals surface area contributed by atoms with Gasteiger partial charge in [-0.15, -0.1) is 10.2 Å². The summed E-state index contributed by atoms with van der Waals surface area (Å²) < 4.78 is 4.80. The maximum atomic E-state index is 11.6. The Bertz CT molecular complexity index is 505. The Morgan fingerprint density at radius 2 is 2.25 bits per heavy atom. The van der Waals surface area contributed by atoms with E-state index in [1.165, 1.54) is 12.1 Å². The van der Waals surface area contributed by atoms with Gasteiger partial charge in [0.05, 0.1) is 0 Å². The van der Waals surface area contributed by atoms with E-state index in [0.29, 0.717) is 11.6 Å². The van der Waals surface area contributed by atoms with E-state index in [9.17, 15) is 4.79 Å². The fourth-order valence-electron chi connectivity index (χ4n) is 1.07. The molecule has 0 fully saturated rings. The molecule has 0 aliphatic rings. The molecule has 0 bridgehead atoms. The van der Waals surface area contributed by atoms with Crippen molar-refractivity contribution in [1.29, 1.82) is 0 Å². The van der Waals surface area contributed by atoms with Crippen molar-refractivity contribution in [1.82, 2.24) is 15.4 Å². The van der Waals surface area contributed by atoms with Gasteiger partial charge in [-0.3, -0.25) is 4.79 Å². The molecule has 2 aromatic rings. The lowest BCUT2D eigenvalue weighted by Gasteiger charge is -1.99. The zero-order valence-electron chi connectivity index (χ0n) is 8.47. The van der Waals surface area contributed by atoms with Gasteiger partial charge in [-0.05, 0) is 19.1 Å². The lowest BCUT2D eigenvalue weighted by Crippen LogP contribution is -2.14. The van der Waals surface area contributed by atoms with Crippen LogP contribution in [0.5, 0.6) is 0 Å². The molecule has 2 rings (SSSR count). The number of carbonyl (C=O) groups excluding carboxylic acids is 1. The maximum Gasteiger partial charge on any atom is 0.277 e. The summed E-state index contributed by atoms with van der Waals surface area (Å²) in [6, 6.07) is 4.57. The zero-order chi connectivity index (χ0) is 11.5. The Balaban J connectivity index is 2.11. The van der Waals surface area contributed by atoms with Gasteiger partial charge in [0.15, 0.2) is 11.5 Å². The third-order valence-corrected chi connectivity index (χ3v) is 1.79. The van der Waals surface area contributed by atoms with Crippen LogP contribution >= 0.6 is 0 Å². The van der Waals surface area contributed by atoms with Crippen LogP contribution < -0.4 is 11.1 Å². The molecule has 0 spiro atoms. The van der Waals surface area contributed by atoms with Crippen molar-refractivity contribution in [3.63, 3.8) is 0 Å². The molecular weight excluding hydrogens is 210 g/mol. The summed E-state index contributed by atoms with van der Waals surface area (Å²) in [5.74, 6) is 0.787. The van der Waals surface area contributed by atoms with E-state index >= 15 is 0 Å². The predicted octanol–water partition coefficient (Wildman–Crippen LogP) is 0.608. The number of aromatic nitrogens is 3. The molecule has 2 heterocycles. The van der Waals surface area contributed by atoms with Crippen LogP contribution in [0.3, 0.4) is 0 Å².